The van der Waals surface area contributed by atoms with Gasteiger partial charge in [0.2, 0.25) is 0 Å². The lowest BCUT2D eigenvalue weighted by atomic mass is 10.2. The van der Waals surface area contributed by atoms with E-state index in [1.54, 1.807) is 17.9 Å². The Labute approximate surface area is 91.4 Å². The Morgan fingerprint density at radius 1 is 1.33 bits per heavy atom. The Morgan fingerprint density at radius 2 is 2.00 bits per heavy atom. The zero-order valence-electron chi connectivity index (χ0n) is 8.52. The minimum atomic E-state index is -0.154. The van der Waals surface area contributed by atoms with Crippen LogP contribution in [0.4, 0.5) is 0 Å². The average Bonchev–Trinajstić information content (AvgIpc) is 2.27. The van der Waals surface area contributed by atoms with Gasteiger partial charge in [-0.1, -0.05) is 12.1 Å². The summed E-state index contributed by atoms with van der Waals surface area (Å²) in [5.74, 6) is 0.0844. The van der Waals surface area contributed by atoms with Crippen LogP contribution in [0.5, 0.6) is 5.75 Å². The maximum absolute atomic E-state index is 11.8. The van der Waals surface area contributed by atoms with Gasteiger partial charge in [0.15, 0.2) is 0 Å². The maximum atomic E-state index is 11.8. The van der Waals surface area contributed by atoms with E-state index in [9.17, 15) is 9.90 Å². The molecule has 0 saturated heterocycles. The molecule has 15 heavy (non-hydrogen) atoms. The molecular formula is C11H11NO2S. The number of benzene rings is 1. The highest BCUT2D eigenvalue weighted by Crippen LogP contribution is 2.30. The summed E-state index contributed by atoms with van der Waals surface area (Å²) < 4.78 is 1.56. The molecule has 0 bridgehead atoms. The molecule has 78 valence electrons. The van der Waals surface area contributed by atoms with Gasteiger partial charge in [0.25, 0.3) is 5.56 Å². The zero-order valence-corrected chi connectivity index (χ0v) is 9.34. The number of hydrogen-bond acceptors (Lipinski definition) is 3. The van der Waals surface area contributed by atoms with Crippen LogP contribution in [-0.2, 0) is 7.05 Å². The monoisotopic (exact) mass is 221 g/mol. The molecule has 3 nitrogen and oxygen atoms in total. The number of pyridine rings is 1. The van der Waals surface area contributed by atoms with Gasteiger partial charge in [-0.25, -0.2) is 0 Å². The van der Waals surface area contributed by atoms with Crippen molar-refractivity contribution >= 4 is 22.7 Å². The molecule has 1 aromatic heterocycles. The molecule has 0 spiro atoms. The van der Waals surface area contributed by atoms with Crippen LogP contribution in [-0.4, -0.2) is 15.9 Å². The van der Waals surface area contributed by atoms with E-state index in [1.165, 1.54) is 11.8 Å². The lowest BCUT2D eigenvalue weighted by Crippen LogP contribution is -2.18. The van der Waals surface area contributed by atoms with E-state index in [-0.39, 0.29) is 11.3 Å². The molecule has 1 N–H and O–H groups in total. The molecule has 0 atom stereocenters. The quantitative estimate of drug-likeness (QED) is 0.748. The van der Waals surface area contributed by atoms with Crippen molar-refractivity contribution in [2.24, 2.45) is 7.05 Å². The SMILES string of the molecule is CSc1c(O)c2ccccc2n(C)c1=O. The van der Waals surface area contributed by atoms with Crippen LogP contribution in [0, 0.1) is 0 Å². The van der Waals surface area contributed by atoms with Crippen molar-refractivity contribution in [1.29, 1.82) is 0 Å². The van der Waals surface area contributed by atoms with Crippen LogP contribution >= 0.6 is 11.8 Å². The molecule has 0 saturated carbocycles. The van der Waals surface area contributed by atoms with Crippen LogP contribution in [0.3, 0.4) is 0 Å². The normalized spacial score (nSPS) is 10.8. The Morgan fingerprint density at radius 3 is 2.67 bits per heavy atom. The van der Waals surface area contributed by atoms with Crippen LogP contribution in [0.1, 0.15) is 0 Å². The molecule has 2 rings (SSSR count). The minimum absolute atomic E-state index is 0.0844. The Balaban J connectivity index is 3.03. The van der Waals surface area contributed by atoms with E-state index < -0.39 is 0 Å². The molecule has 0 aliphatic rings. The Bertz CT molecular complexity index is 575. The summed E-state index contributed by atoms with van der Waals surface area (Å²) in [6.45, 7) is 0. The summed E-state index contributed by atoms with van der Waals surface area (Å²) in [4.78, 5) is 12.2. The predicted molar refractivity (Wildman–Crippen MR) is 62.6 cm³/mol. The van der Waals surface area contributed by atoms with Gasteiger partial charge in [0.1, 0.15) is 10.6 Å². The Hall–Kier alpha value is -1.42. The molecule has 1 aromatic carbocycles. The van der Waals surface area contributed by atoms with Gasteiger partial charge in [-0.2, -0.15) is 0 Å². The summed E-state index contributed by atoms with van der Waals surface area (Å²) in [6.07, 6.45) is 1.78. The van der Waals surface area contributed by atoms with Crippen LogP contribution < -0.4 is 5.56 Å². The first-order valence-corrected chi connectivity index (χ1v) is 5.74. The first-order chi connectivity index (χ1) is 7.16. The van der Waals surface area contributed by atoms with Gasteiger partial charge < -0.3 is 9.67 Å². The van der Waals surface area contributed by atoms with E-state index in [4.69, 9.17) is 0 Å². The second kappa shape index (κ2) is 3.62. The molecule has 2 aromatic rings. The third-order valence-corrected chi connectivity index (χ3v) is 3.21. The number of nitrogens with zero attached hydrogens (tertiary/aromatic N) is 1. The molecule has 0 aliphatic heterocycles. The van der Waals surface area contributed by atoms with Gasteiger partial charge in [0.05, 0.1) is 5.52 Å². The largest absolute Gasteiger partial charge is 0.506 e. The van der Waals surface area contributed by atoms with E-state index in [0.29, 0.717) is 10.3 Å². The third-order valence-electron chi connectivity index (χ3n) is 2.44. The van der Waals surface area contributed by atoms with Crippen molar-refractivity contribution in [1.82, 2.24) is 4.57 Å². The number of hydrogen-bond donors (Lipinski definition) is 1. The van der Waals surface area contributed by atoms with Gasteiger partial charge in [-0.15, -0.1) is 11.8 Å². The second-order valence-electron chi connectivity index (χ2n) is 3.26. The molecule has 0 radical (unpaired) electrons. The summed E-state index contributed by atoms with van der Waals surface area (Å²) in [5, 5.41) is 10.6. The summed E-state index contributed by atoms with van der Waals surface area (Å²) in [6, 6.07) is 7.32. The third kappa shape index (κ3) is 1.41. The molecule has 0 fully saturated rings. The van der Waals surface area contributed by atoms with Crippen LogP contribution in [0.15, 0.2) is 34.0 Å². The smallest absolute Gasteiger partial charge is 0.268 e. The van der Waals surface area contributed by atoms with E-state index in [2.05, 4.69) is 0 Å². The average molecular weight is 221 g/mol. The van der Waals surface area contributed by atoms with Crippen molar-refractivity contribution in [3.8, 4) is 5.75 Å². The fourth-order valence-electron chi connectivity index (χ4n) is 1.64. The van der Waals surface area contributed by atoms with Gasteiger partial charge >= 0.3 is 0 Å². The lowest BCUT2D eigenvalue weighted by Gasteiger charge is -2.09. The number of para-hydroxylation sites is 1. The van der Waals surface area contributed by atoms with Gasteiger partial charge in [-0.05, 0) is 18.4 Å². The van der Waals surface area contributed by atoms with E-state index >= 15 is 0 Å². The summed E-state index contributed by atoms with van der Waals surface area (Å²) in [7, 11) is 1.71. The van der Waals surface area contributed by atoms with E-state index in [0.717, 1.165) is 5.52 Å². The number of fused-ring (bicyclic) bond motifs is 1. The Kier molecular flexibility index (Phi) is 2.44. The number of rotatable bonds is 1. The summed E-state index contributed by atoms with van der Waals surface area (Å²) in [5.41, 5.74) is 0.594. The molecule has 1 heterocycles. The van der Waals surface area contributed by atoms with Gasteiger partial charge in [-0.3, -0.25) is 4.79 Å². The van der Waals surface area contributed by atoms with Crippen LogP contribution in [0.2, 0.25) is 0 Å². The highest BCUT2D eigenvalue weighted by atomic mass is 32.2. The minimum Gasteiger partial charge on any atom is -0.506 e. The van der Waals surface area contributed by atoms with Crippen molar-refractivity contribution in [2.45, 2.75) is 4.90 Å². The predicted octanol–water partition coefficient (Wildman–Crippen LogP) is 1.97. The lowest BCUT2D eigenvalue weighted by molar-refractivity contribution is 0.465. The zero-order chi connectivity index (χ0) is 11.0. The van der Waals surface area contributed by atoms with Crippen molar-refractivity contribution in [2.75, 3.05) is 6.26 Å². The molecular weight excluding hydrogens is 210 g/mol. The second-order valence-corrected chi connectivity index (χ2v) is 4.08. The highest BCUT2D eigenvalue weighted by molar-refractivity contribution is 7.98. The number of thioether (sulfide) groups is 1. The fraction of sp³-hybridized carbons (Fsp3) is 0.182. The number of aromatic hydroxyl groups is 1. The highest BCUT2D eigenvalue weighted by Gasteiger charge is 2.12. The fourth-order valence-corrected chi connectivity index (χ4v) is 2.25. The maximum Gasteiger partial charge on any atom is 0.268 e. The van der Waals surface area contributed by atoms with E-state index in [1.807, 2.05) is 24.3 Å². The molecule has 0 aliphatic carbocycles. The van der Waals surface area contributed by atoms with Crippen molar-refractivity contribution in [3.63, 3.8) is 0 Å². The topological polar surface area (TPSA) is 42.2 Å². The van der Waals surface area contributed by atoms with Crippen LogP contribution in [0.25, 0.3) is 10.9 Å². The van der Waals surface area contributed by atoms with Gasteiger partial charge in [0, 0.05) is 12.4 Å². The summed E-state index contributed by atoms with van der Waals surface area (Å²) >= 11 is 1.27. The van der Waals surface area contributed by atoms with Crippen molar-refractivity contribution < 1.29 is 5.11 Å². The first kappa shape index (κ1) is 10.1. The van der Waals surface area contributed by atoms with Crippen molar-refractivity contribution in [3.05, 3.63) is 34.6 Å². The number of aromatic nitrogens is 1. The number of aryl methyl sites for hydroxylation is 1. The molecule has 0 unspecified atom stereocenters. The molecule has 4 heteroatoms. The first-order valence-electron chi connectivity index (χ1n) is 4.51. The molecule has 0 amide bonds. The standard InChI is InChI=1S/C11H11NO2S/c1-12-8-6-4-3-5-7(8)9(13)10(15-2)11(12)14/h3-6,13H,1-2H3.